The molecule has 2 aromatic carbocycles. The van der Waals surface area contributed by atoms with Crippen LogP contribution < -0.4 is 10.1 Å². The zero-order valence-electron chi connectivity index (χ0n) is 21.9. The number of amides is 2. The second-order valence-electron chi connectivity index (χ2n) is 10.6. The Morgan fingerprint density at radius 1 is 1.24 bits per heavy atom. The highest BCUT2D eigenvalue weighted by Crippen LogP contribution is 2.48. The summed E-state index contributed by atoms with van der Waals surface area (Å²) >= 11 is 0. The van der Waals surface area contributed by atoms with Gasteiger partial charge in [-0.15, -0.1) is 0 Å². The van der Waals surface area contributed by atoms with Crippen LogP contribution in [0.1, 0.15) is 48.2 Å². The number of halogens is 1. The molecule has 2 amide bonds. The van der Waals surface area contributed by atoms with Gasteiger partial charge in [-0.2, -0.15) is 0 Å². The Morgan fingerprint density at radius 2 is 1.97 bits per heavy atom. The van der Waals surface area contributed by atoms with E-state index in [1.54, 1.807) is 49.4 Å². The van der Waals surface area contributed by atoms with Gasteiger partial charge in [0.2, 0.25) is 14.3 Å². The fraction of sp³-hybridized carbons (Fsp3) is 0.500. The summed E-state index contributed by atoms with van der Waals surface area (Å²) in [5.74, 6) is -0.0128. The normalized spacial score (nSPS) is 24.2. The number of methoxy groups -OCH3 is 1. The van der Waals surface area contributed by atoms with E-state index in [1.165, 1.54) is 0 Å². The summed E-state index contributed by atoms with van der Waals surface area (Å²) in [5, 5.41) is 12.6. The molecule has 200 valence electrons. The lowest BCUT2D eigenvalue weighted by atomic mass is 9.86. The number of carbonyl (C=O) groups is 2. The van der Waals surface area contributed by atoms with E-state index in [9.17, 15) is 14.7 Å². The third-order valence-corrected chi connectivity index (χ3v) is 10.0. The average molecular weight is 529 g/mol. The molecule has 5 atom stereocenters. The number of anilines is 1. The maximum atomic E-state index is 15.8. The molecule has 37 heavy (non-hydrogen) atoms. The summed E-state index contributed by atoms with van der Waals surface area (Å²) in [6.07, 6.45) is 0.706. The van der Waals surface area contributed by atoms with Crippen LogP contribution >= 0.6 is 0 Å². The average Bonchev–Trinajstić information content (AvgIpc) is 3.36. The molecule has 1 fully saturated rings. The van der Waals surface area contributed by atoms with Crippen LogP contribution in [0.5, 0.6) is 5.75 Å². The van der Waals surface area contributed by atoms with Crippen molar-refractivity contribution in [2.24, 2.45) is 5.92 Å². The molecule has 0 aliphatic carbocycles. The van der Waals surface area contributed by atoms with Crippen molar-refractivity contribution in [3.05, 3.63) is 59.7 Å². The van der Waals surface area contributed by atoms with Crippen LogP contribution in [0.4, 0.5) is 9.80 Å². The van der Waals surface area contributed by atoms with Gasteiger partial charge in [0.15, 0.2) is 0 Å². The number of rotatable bonds is 8. The fourth-order valence-corrected chi connectivity index (χ4v) is 7.47. The van der Waals surface area contributed by atoms with E-state index in [-0.39, 0.29) is 36.8 Å². The molecule has 2 N–H and O–H groups in total. The number of nitrogens with one attached hydrogen (secondary N) is 1. The first-order chi connectivity index (χ1) is 17.6. The van der Waals surface area contributed by atoms with Gasteiger partial charge in [0.25, 0.3) is 5.91 Å². The zero-order valence-corrected chi connectivity index (χ0v) is 22.9. The molecule has 0 aromatic heterocycles. The molecule has 1 unspecified atom stereocenters. The molecule has 0 bridgehead atoms. The lowest BCUT2D eigenvalue weighted by molar-refractivity contribution is -0.133. The summed E-state index contributed by atoms with van der Waals surface area (Å²) in [6, 6.07) is 14.1. The van der Waals surface area contributed by atoms with Gasteiger partial charge in [-0.1, -0.05) is 25.1 Å². The minimum Gasteiger partial charge on any atom is -0.490 e. The maximum absolute atomic E-state index is 15.8. The van der Waals surface area contributed by atoms with Gasteiger partial charge < -0.3 is 28.9 Å². The van der Waals surface area contributed by atoms with Gasteiger partial charge in [-0.3, -0.25) is 9.59 Å². The quantitative estimate of drug-likeness (QED) is 0.374. The number of likely N-dealkylation sites (tertiary alicyclic amines) is 1. The number of nitrogens with zero attached hydrogens (tertiary/aromatic N) is 1. The van der Waals surface area contributed by atoms with E-state index >= 15 is 4.11 Å². The first-order valence-electron chi connectivity index (χ1n) is 12.9. The van der Waals surface area contributed by atoms with Crippen LogP contribution in [0.3, 0.4) is 0 Å². The minimum absolute atomic E-state index is 0.0399. The smallest absolute Gasteiger partial charge is 0.255 e. The van der Waals surface area contributed by atoms with Crippen LogP contribution in [0.25, 0.3) is 0 Å². The highest BCUT2D eigenvalue weighted by molar-refractivity contribution is 6.72. The first-order valence-corrected chi connectivity index (χ1v) is 15.9. The number of aliphatic hydroxyl groups is 1. The van der Waals surface area contributed by atoms with Crippen molar-refractivity contribution in [1.29, 1.82) is 0 Å². The summed E-state index contributed by atoms with van der Waals surface area (Å²) in [7, 11) is -1.74. The third-order valence-electron chi connectivity index (χ3n) is 7.70. The molecule has 2 aromatic rings. The molecule has 9 heteroatoms. The Bertz CT molecular complexity index is 1110. The third kappa shape index (κ3) is 5.89. The van der Waals surface area contributed by atoms with E-state index in [1.807, 2.05) is 31.2 Å². The highest BCUT2D eigenvalue weighted by atomic mass is 28.4. The standard InChI is InChI=1S/C28H37FN2O5Si/c1-18-26(35-2)22-15-20(30-28(34)19-9-6-5-7-10-19)12-13-23(22)36-27(18)24(37(3,4)29)16-25(33)31-14-8-11-21(31)17-32/h5-7,9-10,12-13,15,18,21,24,26-27,32H,8,11,14,16-17H2,1-4H3,(H,30,34)/t18-,21+,24?,26-,27-/m1/s1. The first kappa shape index (κ1) is 27.3. The maximum Gasteiger partial charge on any atom is 0.255 e. The Labute approximate surface area is 219 Å². The molecule has 0 radical (unpaired) electrons. The molecule has 1 saturated heterocycles. The van der Waals surface area contributed by atoms with Crippen molar-refractivity contribution >= 4 is 25.9 Å². The van der Waals surface area contributed by atoms with E-state index in [0.29, 0.717) is 23.5 Å². The Kier molecular flexibility index (Phi) is 8.35. The van der Waals surface area contributed by atoms with Crippen molar-refractivity contribution in [1.82, 2.24) is 4.90 Å². The lowest BCUT2D eigenvalue weighted by Crippen LogP contribution is -2.48. The fourth-order valence-electron chi connectivity index (χ4n) is 5.66. The van der Waals surface area contributed by atoms with Crippen molar-refractivity contribution in [3.8, 4) is 5.75 Å². The van der Waals surface area contributed by atoms with Gasteiger partial charge in [-0.25, -0.2) is 0 Å². The second kappa shape index (κ2) is 11.3. The number of benzene rings is 2. The summed E-state index contributed by atoms with van der Waals surface area (Å²) in [6.45, 7) is 5.71. The molecule has 2 aliphatic rings. The van der Waals surface area contributed by atoms with Crippen molar-refractivity contribution < 1.29 is 28.3 Å². The monoisotopic (exact) mass is 528 g/mol. The molecular formula is C28H37FN2O5Si. The van der Waals surface area contributed by atoms with E-state index in [4.69, 9.17) is 9.47 Å². The topological polar surface area (TPSA) is 88.1 Å². The van der Waals surface area contributed by atoms with Crippen molar-refractivity contribution in [2.75, 3.05) is 25.6 Å². The number of hydrogen-bond acceptors (Lipinski definition) is 5. The molecule has 0 spiro atoms. The predicted octanol–water partition coefficient (Wildman–Crippen LogP) is 4.94. The number of fused-ring (bicyclic) bond motifs is 1. The van der Waals surface area contributed by atoms with Crippen molar-refractivity contribution in [3.63, 3.8) is 0 Å². The van der Waals surface area contributed by atoms with Gasteiger partial charge in [0.1, 0.15) is 11.9 Å². The van der Waals surface area contributed by atoms with E-state index in [2.05, 4.69) is 5.32 Å². The molecule has 7 nitrogen and oxygen atoms in total. The minimum atomic E-state index is -3.34. The lowest BCUT2D eigenvalue weighted by Gasteiger charge is -2.43. The number of carbonyl (C=O) groups excluding carboxylic acids is 2. The van der Waals surface area contributed by atoms with Crippen LogP contribution in [0, 0.1) is 5.92 Å². The molecular weight excluding hydrogens is 491 g/mol. The number of hydrogen-bond donors (Lipinski definition) is 2. The van der Waals surface area contributed by atoms with Gasteiger partial charge >= 0.3 is 0 Å². The van der Waals surface area contributed by atoms with Gasteiger partial charge in [0.05, 0.1) is 18.8 Å². The number of ether oxygens (including phenoxy) is 2. The van der Waals surface area contributed by atoms with Crippen molar-refractivity contribution in [2.45, 2.75) is 63.1 Å². The highest BCUT2D eigenvalue weighted by Gasteiger charge is 2.49. The van der Waals surface area contributed by atoms with E-state index in [0.717, 1.165) is 18.4 Å². The van der Waals surface area contributed by atoms with Crippen LogP contribution in [-0.2, 0) is 9.53 Å². The Balaban J connectivity index is 1.57. The molecule has 0 saturated carbocycles. The van der Waals surface area contributed by atoms with Crippen LogP contribution in [0.2, 0.25) is 18.6 Å². The SMILES string of the molecule is CO[C@H]1c2cc(NC(=O)c3ccccc3)ccc2O[C@@H](C(CC(=O)N2CCC[C@H]2CO)[Si](C)(C)F)[C@@H]1C. The largest absolute Gasteiger partial charge is 0.490 e. The zero-order chi connectivity index (χ0) is 26.7. The summed E-state index contributed by atoms with van der Waals surface area (Å²) < 4.78 is 28.1. The molecule has 2 aliphatic heterocycles. The Morgan fingerprint density at radius 3 is 2.62 bits per heavy atom. The summed E-state index contributed by atoms with van der Waals surface area (Å²) in [4.78, 5) is 27.6. The van der Waals surface area contributed by atoms with Gasteiger partial charge in [-0.05, 0) is 56.3 Å². The van der Waals surface area contributed by atoms with Crippen LogP contribution in [0.15, 0.2) is 48.5 Å². The predicted molar refractivity (Wildman–Crippen MR) is 143 cm³/mol. The van der Waals surface area contributed by atoms with Gasteiger partial charge in [0, 0.05) is 48.3 Å². The van der Waals surface area contributed by atoms with E-state index < -0.39 is 26.2 Å². The number of aliphatic hydroxyl groups excluding tert-OH is 1. The Hall–Kier alpha value is -2.75. The molecule has 2 heterocycles. The second-order valence-corrected chi connectivity index (χ2v) is 14.5. The summed E-state index contributed by atoms with van der Waals surface area (Å²) in [5.41, 5.74) is 1.36. The molecule has 4 rings (SSSR count). The van der Waals surface area contributed by atoms with Crippen LogP contribution in [-0.4, -0.2) is 62.6 Å².